The third kappa shape index (κ3) is 4.04. The largest absolute Gasteiger partial charge is 0.502 e. The van der Waals surface area contributed by atoms with Gasteiger partial charge in [-0.3, -0.25) is 0 Å². The highest BCUT2D eigenvalue weighted by Crippen LogP contribution is 2.38. The summed E-state index contributed by atoms with van der Waals surface area (Å²) >= 11 is 6.18. The van der Waals surface area contributed by atoms with Crippen molar-refractivity contribution in [2.75, 3.05) is 13.7 Å². The van der Waals surface area contributed by atoms with E-state index in [9.17, 15) is 13.6 Å². The standard InChI is InChI=1S/C11H10Br2F2O4/c1-3-18-10(16)11(14,15)19-9-5-6(12)8(17-2)4-7(9)13/h4-5H,3H2,1-2H3. The van der Waals surface area contributed by atoms with Gasteiger partial charge >= 0.3 is 12.1 Å². The molecule has 1 rings (SSSR count). The van der Waals surface area contributed by atoms with Crippen LogP contribution in [-0.2, 0) is 9.53 Å². The lowest BCUT2D eigenvalue weighted by Gasteiger charge is -2.17. The van der Waals surface area contributed by atoms with Crippen molar-refractivity contribution in [1.82, 2.24) is 0 Å². The van der Waals surface area contributed by atoms with Crippen LogP contribution in [0.1, 0.15) is 6.92 Å². The second kappa shape index (κ2) is 6.51. The highest BCUT2D eigenvalue weighted by atomic mass is 79.9. The molecule has 0 aliphatic heterocycles. The van der Waals surface area contributed by atoms with Gasteiger partial charge in [0.1, 0.15) is 11.5 Å². The fraction of sp³-hybridized carbons (Fsp3) is 0.364. The van der Waals surface area contributed by atoms with E-state index in [0.29, 0.717) is 10.2 Å². The highest BCUT2D eigenvalue weighted by molar-refractivity contribution is 9.11. The van der Waals surface area contributed by atoms with Crippen molar-refractivity contribution < 1.29 is 27.8 Å². The van der Waals surface area contributed by atoms with E-state index < -0.39 is 12.1 Å². The van der Waals surface area contributed by atoms with Crippen LogP contribution in [-0.4, -0.2) is 25.8 Å². The monoisotopic (exact) mass is 402 g/mol. The van der Waals surface area contributed by atoms with Crippen LogP contribution in [0.25, 0.3) is 0 Å². The van der Waals surface area contributed by atoms with Gasteiger partial charge in [-0.1, -0.05) is 0 Å². The predicted octanol–water partition coefficient (Wildman–Crippen LogP) is 3.75. The Morgan fingerprint density at radius 2 is 1.79 bits per heavy atom. The fourth-order valence-corrected chi connectivity index (χ4v) is 2.03. The van der Waals surface area contributed by atoms with Crippen molar-refractivity contribution >= 4 is 37.8 Å². The van der Waals surface area contributed by atoms with Gasteiger partial charge in [-0.25, -0.2) is 4.79 Å². The molecule has 106 valence electrons. The van der Waals surface area contributed by atoms with E-state index in [0.717, 1.165) is 0 Å². The first-order valence-corrected chi connectivity index (χ1v) is 6.67. The van der Waals surface area contributed by atoms with E-state index >= 15 is 0 Å². The van der Waals surface area contributed by atoms with Crippen LogP contribution < -0.4 is 9.47 Å². The lowest BCUT2D eigenvalue weighted by molar-refractivity contribution is -0.216. The second-order valence-corrected chi connectivity index (χ2v) is 4.97. The van der Waals surface area contributed by atoms with Crippen molar-refractivity contribution in [3.8, 4) is 11.5 Å². The Bertz CT molecular complexity index is 480. The van der Waals surface area contributed by atoms with Gasteiger partial charge in [0, 0.05) is 0 Å². The third-order valence-corrected chi connectivity index (χ3v) is 3.20. The number of methoxy groups -OCH3 is 1. The maximum atomic E-state index is 13.4. The Hall–Kier alpha value is -0.890. The topological polar surface area (TPSA) is 44.8 Å². The summed E-state index contributed by atoms with van der Waals surface area (Å²) in [5.74, 6) is -1.53. The lowest BCUT2D eigenvalue weighted by Crippen LogP contribution is -2.37. The summed E-state index contributed by atoms with van der Waals surface area (Å²) in [6.45, 7) is 1.26. The summed E-state index contributed by atoms with van der Waals surface area (Å²) in [6, 6.07) is 2.69. The van der Waals surface area contributed by atoms with Crippen molar-refractivity contribution in [3.63, 3.8) is 0 Å². The molecule has 0 saturated heterocycles. The molecule has 0 amide bonds. The molecule has 0 fully saturated rings. The molecule has 19 heavy (non-hydrogen) atoms. The van der Waals surface area contributed by atoms with Crippen molar-refractivity contribution in [3.05, 3.63) is 21.1 Å². The average Bonchev–Trinajstić information content (AvgIpc) is 2.33. The van der Waals surface area contributed by atoms with Gasteiger partial charge in [-0.15, -0.1) is 0 Å². The number of alkyl halides is 2. The lowest BCUT2D eigenvalue weighted by atomic mass is 10.3. The molecular formula is C11H10Br2F2O4. The van der Waals surface area contributed by atoms with Gasteiger partial charge in [0.25, 0.3) is 0 Å². The molecule has 0 unspecified atom stereocenters. The smallest absolute Gasteiger partial charge is 0.496 e. The zero-order valence-corrected chi connectivity index (χ0v) is 13.2. The second-order valence-electron chi connectivity index (χ2n) is 3.26. The number of benzene rings is 1. The van der Waals surface area contributed by atoms with E-state index in [1.807, 2.05) is 0 Å². The SMILES string of the molecule is CCOC(=O)C(F)(F)Oc1cc(Br)c(OC)cc1Br. The number of carbonyl (C=O) groups excluding carboxylic acids is 1. The minimum absolute atomic E-state index is 0.161. The molecule has 0 aliphatic rings. The number of esters is 1. The normalized spacial score (nSPS) is 11.1. The quantitative estimate of drug-likeness (QED) is 0.702. The Balaban J connectivity index is 2.99. The molecule has 0 aromatic heterocycles. The Morgan fingerprint density at radius 3 is 2.32 bits per heavy atom. The summed E-state index contributed by atoms with van der Waals surface area (Å²) in [6.07, 6.45) is -4.06. The zero-order valence-electron chi connectivity index (χ0n) is 10.0. The molecule has 0 saturated carbocycles. The van der Waals surface area contributed by atoms with Gasteiger partial charge < -0.3 is 14.2 Å². The first-order valence-electron chi connectivity index (χ1n) is 5.09. The molecule has 1 aromatic carbocycles. The first-order chi connectivity index (χ1) is 8.81. The van der Waals surface area contributed by atoms with E-state index in [1.54, 1.807) is 0 Å². The maximum Gasteiger partial charge on any atom is 0.502 e. The van der Waals surface area contributed by atoms with Gasteiger partial charge in [0.2, 0.25) is 0 Å². The summed E-state index contributed by atoms with van der Waals surface area (Å²) in [5, 5.41) is 0. The Kier molecular flexibility index (Phi) is 5.54. The number of rotatable bonds is 5. The van der Waals surface area contributed by atoms with Crippen LogP contribution in [0.3, 0.4) is 0 Å². The summed E-state index contributed by atoms with van der Waals surface area (Å²) < 4.78 is 41.1. The minimum atomic E-state index is -4.06. The number of hydrogen-bond donors (Lipinski definition) is 0. The van der Waals surface area contributed by atoms with Gasteiger partial charge in [0.05, 0.1) is 22.7 Å². The van der Waals surface area contributed by atoms with Crippen LogP contribution in [0.2, 0.25) is 0 Å². The van der Waals surface area contributed by atoms with Crippen LogP contribution in [0.5, 0.6) is 11.5 Å². The predicted molar refractivity (Wildman–Crippen MR) is 70.6 cm³/mol. The molecule has 0 aliphatic carbocycles. The molecular weight excluding hydrogens is 394 g/mol. The molecule has 0 heterocycles. The highest BCUT2D eigenvalue weighted by Gasteiger charge is 2.44. The van der Waals surface area contributed by atoms with Gasteiger partial charge in [0.15, 0.2) is 0 Å². The number of carbonyl (C=O) groups is 1. The molecule has 0 radical (unpaired) electrons. The van der Waals surface area contributed by atoms with Crippen molar-refractivity contribution in [2.24, 2.45) is 0 Å². The van der Waals surface area contributed by atoms with E-state index in [-0.39, 0.29) is 16.8 Å². The van der Waals surface area contributed by atoms with E-state index in [4.69, 9.17) is 4.74 Å². The summed E-state index contributed by atoms with van der Waals surface area (Å²) in [7, 11) is 1.43. The molecule has 0 atom stereocenters. The third-order valence-electron chi connectivity index (χ3n) is 1.96. The van der Waals surface area contributed by atoms with E-state index in [1.165, 1.54) is 26.2 Å². The molecule has 1 aromatic rings. The van der Waals surface area contributed by atoms with Crippen LogP contribution in [0.15, 0.2) is 21.1 Å². The van der Waals surface area contributed by atoms with Crippen LogP contribution in [0.4, 0.5) is 8.78 Å². The van der Waals surface area contributed by atoms with Crippen molar-refractivity contribution in [2.45, 2.75) is 13.0 Å². The summed E-state index contributed by atoms with van der Waals surface area (Å²) in [5.41, 5.74) is 0. The van der Waals surface area contributed by atoms with Crippen LogP contribution in [0, 0.1) is 0 Å². The number of halogens is 4. The number of hydrogen-bond acceptors (Lipinski definition) is 4. The fourth-order valence-electron chi connectivity index (χ4n) is 1.14. The average molecular weight is 404 g/mol. The molecule has 4 nitrogen and oxygen atoms in total. The molecule has 0 N–H and O–H groups in total. The van der Waals surface area contributed by atoms with E-state index in [2.05, 4.69) is 41.3 Å². The minimum Gasteiger partial charge on any atom is -0.496 e. The zero-order chi connectivity index (χ0) is 14.6. The van der Waals surface area contributed by atoms with Gasteiger partial charge in [-0.05, 0) is 50.9 Å². The molecule has 8 heteroatoms. The van der Waals surface area contributed by atoms with Gasteiger partial charge in [-0.2, -0.15) is 8.78 Å². The molecule has 0 spiro atoms. The Labute approximate surface area is 125 Å². The van der Waals surface area contributed by atoms with Crippen LogP contribution >= 0.6 is 31.9 Å². The molecule has 0 bridgehead atoms. The first kappa shape index (κ1) is 16.2. The summed E-state index contributed by atoms with van der Waals surface area (Å²) in [4.78, 5) is 11.0. The number of ether oxygens (including phenoxy) is 3. The van der Waals surface area contributed by atoms with Crippen molar-refractivity contribution in [1.29, 1.82) is 0 Å². The maximum absolute atomic E-state index is 13.4. The Morgan fingerprint density at radius 1 is 1.26 bits per heavy atom.